The number of ether oxygens (including phenoxy) is 1. The Kier molecular flexibility index (Phi) is 7.34. The van der Waals surface area contributed by atoms with Gasteiger partial charge in [0, 0.05) is 25.5 Å². The minimum Gasteiger partial charge on any atom is -0.388 e. The van der Waals surface area contributed by atoms with Crippen molar-refractivity contribution >= 4 is 15.6 Å². The molecule has 3 saturated carbocycles. The number of ketones is 1. The first-order valence-corrected chi connectivity index (χ1v) is 14.8. The predicted octanol–water partition coefficient (Wildman–Crippen LogP) is 3.89. The summed E-state index contributed by atoms with van der Waals surface area (Å²) in [4.78, 5) is 13.5. The molecule has 1 aromatic rings. The Labute approximate surface area is 204 Å². The molecule has 3 aliphatic rings. The van der Waals surface area contributed by atoms with Crippen molar-refractivity contribution < 1.29 is 23.1 Å². The van der Waals surface area contributed by atoms with Crippen LogP contribution in [0.15, 0.2) is 17.3 Å². The molecule has 1 aromatic heterocycles. The normalized spacial score (nSPS) is 35.4. The van der Waals surface area contributed by atoms with Gasteiger partial charge in [0.1, 0.15) is 4.90 Å². The smallest absolute Gasteiger partial charge is 0.178 e. The third kappa shape index (κ3) is 5.14. The summed E-state index contributed by atoms with van der Waals surface area (Å²) in [6, 6.07) is 0. The van der Waals surface area contributed by atoms with E-state index < -0.39 is 15.4 Å². The van der Waals surface area contributed by atoms with Crippen molar-refractivity contribution in [1.82, 2.24) is 9.78 Å². The number of aliphatic hydroxyl groups is 1. The molecule has 1 N–H and O–H groups in total. The van der Waals surface area contributed by atoms with Crippen LogP contribution in [0.2, 0.25) is 0 Å². The zero-order valence-corrected chi connectivity index (χ0v) is 22.0. The quantitative estimate of drug-likeness (QED) is 0.559. The lowest BCUT2D eigenvalue weighted by atomic mass is 9.52. The Morgan fingerprint density at radius 1 is 1.26 bits per heavy atom. The van der Waals surface area contributed by atoms with Gasteiger partial charge >= 0.3 is 0 Å². The van der Waals surface area contributed by atoms with Crippen LogP contribution in [0.3, 0.4) is 0 Å². The Balaban J connectivity index is 1.42. The Morgan fingerprint density at radius 2 is 2.03 bits per heavy atom. The molecule has 4 rings (SSSR count). The molecule has 192 valence electrons. The van der Waals surface area contributed by atoms with Gasteiger partial charge < -0.3 is 9.84 Å². The summed E-state index contributed by atoms with van der Waals surface area (Å²) < 4.78 is 30.2. The molecular weight excluding hydrogens is 452 g/mol. The van der Waals surface area contributed by atoms with Crippen molar-refractivity contribution in [1.29, 1.82) is 0 Å². The summed E-state index contributed by atoms with van der Waals surface area (Å²) >= 11 is 0. The lowest BCUT2D eigenvalue weighted by molar-refractivity contribution is -0.130. The Morgan fingerprint density at radius 3 is 2.71 bits per heavy atom. The van der Waals surface area contributed by atoms with Crippen LogP contribution in [-0.4, -0.2) is 54.7 Å². The highest BCUT2D eigenvalue weighted by Crippen LogP contribution is 2.63. The molecule has 0 aromatic carbocycles. The largest absolute Gasteiger partial charge is 0.388 e. The zero-order chi connectivity index (χ0) is 24.7. The summed E-state index contributed by atoms with van der Waals surface area (Å²) in [5.74, 6) is 2.81. The van der Waals surface area contributed by atoms with Gasteiger partial charge in [0.05, 0.1) is 24.9 Å². The molecule has 7 unspecified atom stereocenters. The number of carbonyl (C=O) groups is 1. The second-order valence-corrected chi connectivity index (χ2v) is 13.9. The first-order chi connectivity index (χ1) is 15.9. The molecule has 3 fully saturated rings. The van der Waals surface area contributed by atoms with E-state index in [0.29, 0.717) is 30.3 Å². The van der Waals surface area contributed by atoms with E-state index in [0.717, 1.165) is 38.4 Å². The number of methoxy groups -OCH3 is 1. The van der Waals surface area contributed by atoms with E-state index in [4.69, 9.17) is 4.74 Å². The highest BCUT2D eigenvalue weighted by molar-refractivity contribution is 7.90. The van der Waals surface area contributed by atoms with Gasteiger partial charge in [0.15, 0.2) is 15.6 Å². The van der Waals surface area contributed by atoms with Gasteiger partial charge in [-0.3, -0.25) is 9.48 Å². The zero-order valence-electron chi connectivity index (χ0n) is 21.2. The standard InChI is InChI=1S/C26H42N2O5S/c1-25(30,17-33-3)12-10-18-6-5-7-21-20(18)11-13-26(2)22(21)8-9-23(26)24(29)16-28-15-19(14-27-28)34(4,31)32/h14-15,18,20-23,30H,5-13,16-17H2,1-4H3. The van der Waals surface area contributed by atoms with E-state index >= 15 is 0 Å². The number of aromatic nitrogens is 2. The average Bonchev–Trinajstić information content (AvgIpc) is 3.36. The van der Waals surface area contributed by atoms with Gasteiger partial charge in [-0.25, -0.2) is 8.42 Å². The fraction of sp³-hybridized carbons (Fsp3) is 0.846. The summed E-state index contributed by atoms with van der Waals surface area (Å²) in [7, 11) is -1.68. The molecule has 0 aliphatic heterocycles. The van der Waals surface area contributed by atoms with Crippen molar-refractivity contribution in [3.05, 3.63) is 12.4 Å². The topological polar surface area (TPSA) is 98.5 Å². The summed E-state index contributed by atoms with van der Waals surface area (Å²) in [6.45, 7) is 4.73. The molecule has 3 aliphatic carbocycles. The lowest BCUT2D eigenvalue weighted by Gasteiger charge is -2.53. The number of fused-ring (bicyclic) bond motifs is 3. The van der Waals surface area contributed by atoms with Crippen LogP contribution in [0.1, 0.15) is 71.6 Å². The third-order valence-corrected chi connectivity index (χ3v) is 10.5. The number of Topliss-reactive ketones (excluding diaryl/α,β-unsaturated/α-hetero) is 1. The van der Waals surface area contributed by atoms with Crippen molar-refractivity contribution in [2.24, 2.45) is 35.0 Å². The van der Waals surface area contributed by atoms with Crippen LogP contribution in [0.4, 0.5) is 0 Å². The SMILES string of the molecule is COCC(C)(O)CCC1CCCC2C1CCC1(C)C(C(=O)Cn3cc(S(C)(=O)=O)cn3)CCC21. The first kappa shape index (κ1) is 25.8. The molecule has 7 atom stereocenters. The van der Waals surface area contributed by atoms with E-state index in [1.165, 1.54) is 42.8 Å². The molecule has 7 nitrogen and oxygen atoms in total. The van der Waals surface area contributed by atoms with Crippen LogP contribution < -0.4 is 0 Å². The Hall–Kier alpha value is -1.25. The predicted molar refractivity (Wildman–Crippen MR) is 130 cm³/mol. The van der Waals surface area contributed by atoms with Crippen LogP contribution >= 0.6 is 0 Å². The van der Waals surface area contributed by atoms with Gasteiger partial charge in [-0.1, -0.05) is 19.8 Å². The van der Waals surface area contributed by atoms with Crippen molar-refractivity contribution in [2.75, 3.05) is 20.0 Å². The van der Waals surface area contributed by atoms with E-state index in [-0.39, 0.29) is 28.6 Å². The van der Waals surface area contributed by atoms with E-state index in [9.17, 15) is 18.3 Å². The minimum absolute atomic E-state index is 0.0205. The number of hydrogen-bond donors (Lipinski definition) is 1. The maximum atomic E-state index is 13.4. The van der Waals surface area contributed by atoms with Gasteiger partial charge in [-0.15, -0.1) is 0 Å². The first-order valence-electron chi connectivity index (χ1n) is 12.9. The fourth-order valence-corrected chi connectivity index (χ4v) is 8.36. The summed E-state index contributed by atoms with van der Waals surface area (Å²) in [5.41, 5.74) is -0.742. The maximum absolute atomic E-state index is 13.4. The van der Waals surface area contributed by atoms with E-state index in [1.807, 2.05) is 6.92 Å². The number of sulfone groups is 1. The summed E-state index contributed by atoms with van der Waals surface area (Å²) in [5, 5.41) is 14.7. The van der Waals surface area contributed by atoms with Crippen molar-refractivity contribution in [2.45, 2.75) is 88.7 Å². The lowest BCUT2D eigenvalue weighted by Crippen LogP contribution is -2.47. The van der Waals surface area contributed by atoms with Crippen molar-refractivity contribution in [3.8, 4) is 0 Å². The van der Waals surface area contributed by atoms with Crippen molar-refractivity contribution in [3.63, 3.8) is 0 Å². The van der Waals surface area contributed by atoms with Gasteiger partial charge in [-0.2, -0.15) is 5.10 Å². The molecule has 0 radical (unpaired) electrons. The number of hydrogen-bond acceptors (Lipinski definition) is 6. The fourth-order valence-electron chi connectivity index (χ4n) is 7.81. The molecule has 34 heavy (non-hydrogen) atoms. The average molecular weight is 495 g/mol. The molecular formula is C26H42N2O5S. The minimum atomic E-state index is -3.32. The molecule has 8 heteroatoms. The molecule has 0 spiro atoms. The van der Waals surface area contributed by atoms with Gasteiger partial charge in [0.2, 0.25) is 0 Å². The van der Waals surface area contributed by atoms with Gasteiger partial charge in [0.25, 0.3) is 0 Å². The highest BCUT2D eigenvalue weighted by Gasteiger charge is 2.57. The van der Waals surface area contributed by atoms with Crippen LogP contribution in [-0.2, 0) is 25.9 Å². The van der Waals surface area contributed by atoms with E-state index in [2.05, 4.69) is 12.0 Å². The van der Waals surface area contributed by atoms with Crippen LogP contribution in [0.5, 0.6) is 0 Å². The maximum Gasteiger partial charge on any atom is 0.178 e. The van der Waals surface area contributed by atoms with E-state index in [1.54, 1.807) is 7.11 Å². The monoisotopic (exact) mass is 494 g/mol. The second kappa shape index (κ2) is 9.66. The molecule has 0 amide bonds. The molecule has 0 saturated heterocycles. The van der Waals surface area contributed by atoms with Crippen LogP contribution in [0.25, 0.3) is 0 Å². The van der Waals surface area contributed by atoms with Gasteiger partial charge in [-0.05, 0) is 81.0 Å². The number of rotatable bonds is 9. The Bertz CT molecular complexity index is 987. The van der Waals surface area contributed by atoms with Crippen LogP contribution in [0, 0.1) is 35.0 Å². The number of nitrogens with zero attached hydrogens (tertiary/aromatic N) is 2. The number of carbonyl (C=O) groups excluding carboxylic acids is 1. The highest BCUT2D eigenvalue weighted by atomic mass is 32.2. The second-order valence-electron chi connectivity index (χ2n) is 11.9. The molecule has 0 bridgehead atoms. The summed E-state index contributed by atoms with van der Waals surface area (Å²) in [6.07, 6.45) is 13.8. The third-order valence-electron chi connectivity index (χ3n) is 9.46. The molecule has 1 heterocycles.